The van der Waals surface area contributed by atoms with Gasteiger partial charge >= 0.3 is 24.4 Å². The van der Waals surface area contributed by atoms with Crippen molar-refractivity contribution in [1.82, 2.24) is 50.8 Å². The minimum Gasteiger partial charge on any atom is -0.477 e. The van der Waals surface area contributed by atoms with Crippen LogP contribution < -0.4 is 26.6 Å². The number of hydrogen-bond acceptors (Lipinski definition) is 11. The van der Waals surface area contributed by atoms with Crippen LogP contribution in [-0.4, -0.2) is 102 Å². The molecule has 0 aliphatic rings. The molecule has 2 aromatic carbocycles. The Hall–Kier alpha value is -8.64. The molecular formula is C44H41F6N11O8. The van der Waals surface area contributed by atoms with Gasteiger partial charge in [0.2, 0.25) is 0 Å². The number of ether oxygens (including phenoxy) is 1. The lowest BCUT2D eigenvalue weighted by Gasteiger charge is -2.19. The molecule has 69 heavy (non-hydrogen) atoms. The van der Waals surface area contributed by atoms with Crippen LogP contribution in [0.25, 0.3) is 11.4 Å². The van der Waals surface area contributed by atoms with Crippen molar-refractivity contribution in [3.8, 4) is 11.4 Å². The van der Waals surface area contributed by atoms with Gasteiger partial charge in [-0.2, -0.15) is 36.5 Å². The summed E-state index contributed by atoms with van der Waals surface area (Å²) in [5.74, 6) is -4.16. The van der Waals surface area contributed by atoms with Gasteiger partial charge in [0.05, 0.1) is 33.6 Å². The summed E-state index contributed by atoms with van der Waals surface area (Å²) in [6.45, 7) is 4.70. The van der Waals surface area contributed by atoms with Crippen LogP contribution in [0.4, 0.5) is 37.0 Å². The molecule has 0 atom stereocenters. The van der Waals surface area contributed by atoms with E-state index in [4.69, 9.17) is 9.84 Å². The van der Waals surface area contributed by atoms with Crippen molar-refractivity contribution in [2.45, 2.75) is 38.7 Å². The van der Waals surface area contributed by atoms with E-state index in [1.165, 1.54) is 24.4 Å². The summed E-state index contributed by atoms with van der Waals surface area (Å²) >= 11 is 0. The zero-order valence-corrected chi connectivity index (χ0v) is 36.5. The minimum absolute atomic E-state index is 0.0589. The molecule has 0 aliphatic carbocycles. The van der Waals surface area contributed by atoms with Gasteiger partial charge in [0, 0.05) is 51.0 Å². The van der Waals surface area contributed by atoms with Crippen LogP contribution in [0.3, 0.4) is 0 Å². The molecule has 0 unspecified atom stereocenters. The average Bonchev–Trinajstić information content (AvgIpc) is 3.97. The molecule has 19 nitrogen and oxygen atoms in total. The first kappa shape index (κ1) is 51.3. The van der Waals surface area contributed by atoms with E-state index in [0.29, 0.717) is 11.4 Å². The second-order valence-corrected chi connectivity index (χ2v) is 15.2. The number of nitrogens with one attached hydrogen (secondary N) is 5. The number of pyridine rings is 2. The van der Waals surface area contributed by atoms with Crippen LogP contribution in [0.5, 0.6) is 0 Å². The number of aromatic nitrogens is 6. The van der Waals surface area contributed by atoms with E-state index in [9.17, 15) is 55.1 Å². The van der Waals surface area contributed by atoms with Crippen molar-refractivity contribution in [2.24, 2.45) is 0 Å². The predicted molar refractivity (Wildman–Crippen MR) is 232 cm³/mol. The van der Waals surface area contributed by atoms with Gasteiger partial charge in [-0.15, -0.1) is 0 Å². The van der Waals surface area contributed by atoms with Crippen LogP contribution in [0.2, 0.25) is 0 Å². The number of carboxylic acids is 1. The van der Waals surface area contributed by atoms with Gasteiger partial charge < -0.3 is 31.1 Å². The number of carboxylic acid groups (broad SMARTS) is 1. The number of aromatic carboxylic acids is 1. The first-order valence-corrected chi connectivity index (χ1v) is 20.2. The number of carbonyl (C=O) groups is 6. The molecular weight excluding hydrogens is 925 g/mol. The van der Waals surface area contributed by atoms with Crippen LogP contribution in [0.1, 0.15) is 84.1 Å². The standard InChI is InChI=1S/C24H25F3N6O4.C20H16F3N5O4/c1-23(2,3)37-22(36)31-18-10-9-15(13-30-18)20(34)28-11-12-29-21(35)17-14-33(16-7-5-4-6-8-16)32-19(17)24(25,26)27;21-20(22,23)16-14(11-28(27-16)13-4-2-1-3-5-13)18(30)25-9-8-24-17(29)12-6-7-15(19(31)32)26-10-12/h4-10,13-14H,11-12H2,1-3H3,(H,28,34)(H,29,35)(H,30,31,36);1-7,10-11H,8-9H2,(H,24,29)(H,25,30)(H,31,32). The first-order valence-electron chi connectivity index (χ1n) is 20.2. The van der Waals surface area contributed by atoms with Gasteiger partial charge in [-0.25, -0.2) is 28.9 Å². The van der Waals surface area contributed by atoms with E-state index < -0.39 is 76.2 Å². The highest BCUT2D eigenvalue weighted by molar-refractivity contribution is 5.97. The molecule has 0 aliphatic heterocycles. The average molecular weight is 966 g/mol. The van der Waals surface area contributed by atoms with E-state index in [2.05, 4.69) is 46.7 Å². The minimum atomic E-state index is -4.84. The van der Waals surface area contributed by atoms with Gasteiger partial charge in [0.25, 0.3) is 23.6 Å². The molecule has 5 amide bonds. The van der Waals surface area contributed by atoms with E-state index in [0.717, 1.165) is 34.0 Å². The van der Waals surface area contributed by atoms with Gasteiger partial charge in [-0.3, -0.25) is 24.5 Å². The molecule has 6 N–H and O–H groups in total. The molecule has 6 aromatic rings. The molecule has 0 saturated carbocycles. The zero-order chi connectivity index (χ0) is 50.5. The summed E-state index contributed by atoms with van der Waals surface area (Å²) in [7, 11) is 0. The SMILES string of the molecule is CC(C)(C)OC(=O)Nc1ccc(C(=O)NCCNC(=O)c2cn(-c3ccccc3)nc2C(F)(F)F)cn1.O=C(NCCNC(=O)c1cn(-c2ccccc2)nc1C(F)(F)F)c1ccc(C(=O)O)nc1. The highest BCUT2D eigenvalue weighted by Crippen LogP contribution is 2.32. The molecule has 0 radical (unpaired) electrons. The fraction of sp³-hybridized carbons (Fsp3) is 0.227. The Morgan fingerprint density at radius 1 is 0.565 bits per heavy atom. The lowest BCUT2D eigenvalue weighted by Crippen LogP contribution is -2.35. The topological polar surface area (TPSA) is 253 Å². The van der Waals surface area contributed by atoms with Crippen LogP contribution in [0.15, 0.2) is 110 Å². The fourth-order valence-corrected chi connectivity index (χ4v) is 5.69. The lowest BCUT2D eigenvalue weighted by atomic mass is 10.2. The summed E-state index contributed by atoms with van der Waals surface area (Å²) in [6, 6.07) is 21.3. The maximum absolute atomic E-state index is 13.4. The van der Waals surface area contributed by atoms with E-state index >= 15 is 0 Å². The number of rotatable bonds is 14. The molecule has 4 heterocycles. The number of hydrogen-bond donors (Lipinski definition) is 6. The normalized spacial score (nSPS) is 11.3. The largest absolute Gasteiger partial charge is 0.477 e. The number of anilines is 1. The van der Waals surface area contributed by atoms with Crippen molar-refractivity contribution in [1.29, 1.82) is 0 Å². The first-order chi connectivity index (χ1) is 32.5. The Balaban J connectivity index is 0.000000260. The van der Waals surface area contributed by atoms with E-state index in [1.54, 1.807) is 81.4 Å². The summed E-state index contributed by atoms with van der Waals surface area (Å²) < 4.78 is 87.4. The number of carbonyl (C=O) groups excluding carboxylic acids is 5. The predicted octanol–water partition coefficient (Wildman–Crippen LogP) is 5.94. The Morgan fingerprint density at radius 2 is 0.971 bits per heavy atom. The second kappa shape index (κ2) is 22.2. The molecule has 6 rings (SSSR count). The lowest BCUT2D eigenvalue weighted by molar-refractivity contribution is -0.142. The molecule has 4 aromatic heterocycles. The number of halogens is 6. The van der Waals surface area contributed by atoms with E-state index in [-0.39, 0.29) is 48.8 Å². The number of nitrogens with zero attached hydrogens (tertiary/aromatic N) is 6. The molecule has 0 bridgehead atoms. The highest BCUT2D eigenvalue weighted by atomic mass is 19.4. The molecule has 0 spiro atoms. The highest BCUT2D eigenvalue weighted by Gasteiger charge is 2.40. The third kappa shape index (κ3) is 14.9. The van der Waals surface area contributed by atoms with Crippen LogP contribution in [-0.2, 0) is 17.1 Å². The third-order valence-corrected chi connectivity index (χ3v) is 8.79. The van der Waals surface area contributed by atoms with Gasteiger partial charge in [0.1, 0.15) is 17.1 Å². The second-order valence-electron chi connectivity index (χ2n) is 15.2. The third-order valence-electron chi connectivity index (χ3n) is 8.79. The Labute approximate surface area is 387 Å². The van der Waals surface area contributed by atoms with Crippen LogP contribution in [0, 0.1) is 0 Å². The molecule has 25 heteroatoms. The van der Waals surface area contributed by atoms with Gasteiger partial charge in [0.15, 0.2) is 11.4 Å². The van der Waals surface area contributed by atoms with E-state index in [1.807, 2.05) is 0 Å². The Bertz CT molecular complexity index is 2760. The summed E-state index contributed by atoms with van der Waals surface area (Å²) in [6.07, 6.45) is -6.07. The molecule has 0 saturated heterocycles. The van der Waals surface area contributed by atoms with Crippen molar-refractivity contribution in [2.75, 3.05) is 31.5 Å². The quantitative estimate of drug-likeness (QED) is 0.0548. The Morgan fingerprint density at radius 3 is 1.32 bits per heavy atom. The maximum Gasteiger partial charge on any atom is 0.435 e. The van der Waals surface area contributed by atoms with Crippen molar-refractivity contribution in [3.05, 3.63) is 149 Å². The summed E-state index contributed by atoms with van der Waals surface area (Å²) in [5.41, 5.74) is -3.87. The Kier molecular flexibility index (Phi) is 16.5. The van der Waals surface area contributed by atoms with Crippen molar-refractivity contribution < 1.29 is 65.0 Å². The van der Waals surface area contributed by atoms with Gasteiger partial charge in [-0.1, -0.05) is 36.4 Å². The molecule has 362 valence electrons. The smallest absolute Gasteiger partial charge is 0.435 e. The zero-order valence-electron chi connectivity index (χ0n) is 36.5. The summed E-state index contributed by atoms with van der Waals surface area (Å²) in [4.78, 5) is 79.2. The van der Waals surface area contributed by atoms with Crippen molar-refractivity contribution in [3.63, 3.8) is 0 Å². The number of alkyl halides is 6. The maximum atomic E-state index is 13.4. The number of para-hydroxylation sites is 2. The number of benzene rings is 2. The monoisotopic (exact) mass is 965 g/mol. The fourth-order valence-electron chi connectivity index (χ4n) is 5.69. The van der Waals surface area contributed by atoms with Crippen molar-refractivity contribution >= 4 is 41.5 Å². The number of amides is 5. The van der Waals surface area contributed by atoms with Crippen LogP contribution >= 0.6 is 0 Å². The summed E-state index contributed by atoms with van der Waals surface area (Å²) in [5, 5.41) is 27.9. The molecule has 0 fully saturated rings. The van der Waals surface area contributed by atoms with Gasteiger partial charge in [-0.05, 0) is 69.3 Å².